The van der Waals surface area contributed by atoms with Gasteiger partial charge in [-0.15, -0.1) is 11.3 Å². The Kier molecular flexibility index (Phi) is 4.40. The molecule has 1 aliphatic rings. The minimum absolute atomic E-state index is 0.206. The maximum absolute atomic E-state index is 12.5. The highest BCUT2D eigenvalue weighted by molar-refractivity contribution is 7.18. The lowest BCUT2D eigenvalue weighted by Gasteiger charge is -2.13. The van der Waals surface area contributed by atoms with Crippen LogP contribution < -0.4 is 10.9 Å². The Morgan fingerprint density at radius 3 is 2.83 bits per heavy atom. The number of aryl methyl sites for hydroxylation is 2. The first-order valence-electron chi connectivity index (χ1n) is 7.82. The Morgan fingerprint density at radius 1 is 1.46 bits per heavy atom. The minimum Gasteiger partial charge on any atom is -0.451 e. The maximum atomic E-state index is 12.5. The number of aromatic nitrogens is 2. The van der Waals surface area contributed by atoms with Crippen molar-refractivity contribution >= 4 is 33.4 Å². The summed E-state index contributed by atoms with van der Waals surface area (Å²) in [6.07, 6.45) is 2.39. The summed E-state index contributed by atoms with van der Waals surface area (Å²) in [5, 5.41) is 3.31. The summed E-state index contributed by atoms with van der Waals surface area (Å²) in [4.78, 5) is 42.3. The molecular weight excluding hydrogens is 330 g/mol. The molecule has 128 valence electrons. The Labute approximate surface area is 142 Å². The lowest BCUT2D eigenvalue weighted by Crippen LogP contribution is -2.38. The van der Waals surface area contributed by atoms with Crippen molar-refractivity contribution in [1.82, 2.24) is 14.9 Å². The van der Waals surface area contributed by atoms with Gasteiger partial charge in [-0.2, -0.15) is 0 Å². The van der Waals surface area contributed by atoms with Crippen molar-refractivity contribution in [3.63, 3.8) is 0 Å². The number of rotatable bonds is 5. The number of carbonyl (C=O) groups excluding carboxylic acids is 2. The molecule has 8 heteroatoms. The van der Waals surface area contributed by atoms with E-state index in [1.54, 1.807) is 0 Å². The van der Waals surface area contributed by atoms with Crippen LogP contribution in [0.1, 0.15) is 30.2 Å². The number of ether oxygens (including phenoxy) is 1. The summed E-state index contributed by atoms with van der Waals surface area (Å²) < 4.78 is 6.33. The fourth-order valence-corrected chi connectivity index (χ4v) is 3.34. The average molecular weight is 349 g/mol. The van der Waals surface area contributed by atoms with Gasteiger partial charge in [-0.1, -0.05) is 0 Å². The van der Waals surface area contributed by atoms with Crippen molar-refractivity contribution < 1.29 is 14.3 Å². The van der Waals surface area contributed by atoms with Crippen LogP contribution in [0.5, 0.6) is 0 Å². The Morgan fingerprint density at radius 2 is 2.17 bits per heavy atom. The number of nitrogens with zero attached hydrogens (tertiary/aromatic N) is 2. The van der Waals surface area contributed by atoms with Crippen LogP contribution in [0.15, 0.2) is 11.1 Å². The molecular formula is C16H19N3O4S. The van der Waals surface area contributed by atoms with Crippen molar-refractivity contribution in [2.75, 3.05) is 0 Å². The fourth-order valence-electron chi connectivity index (χ4n) is 2.36. The van der Waals surface area contributed by atoms with Gasteiger partial charge in [0.25, 0.3) is 11.5 Å². The molecule has 3 rings (SSSR count). The van der Waals surface area contributed by atoms with Gasteiger partial charge in [0.05, 0.1) is 11.7 Å². The van der Waals surface area contributed by atoms with Gasteiger partial charge in [0.2, 0.25) is 0 Å². The van der Waals surface area contributed by atoms with Crippen LogP contribution in [0.2, 0.25) is 0 Å². The van der Waals surface area contributed by atoms with Crippen LogP contribution >= 0.6 is 11.3 Å². The number of thiophene rings is 1. The highest BCUT2D eigenvalue weighted by atomic mass is 32.1. The van der Waals surface area contributed by atoms with Crippen molar-refractivity contribution in [2.24, 2.45) is 0 Å². The van der Waals surface area contributed by atoms with Crippen molar-refractivity contribution in [1.29, 1.82) is 0 Å². The molecule has 0 bridgehead atoms. The van der Waals surface area contributed by atoms with E-state index in [0.717, 1.165) is 23.3 Å². The van der Waals surface area contributed by atoms with E-state index < -0.39 is 12.1 Å². The second-order valence-corrected chi connectivity index (χ2v) is 7.26. The molecule has 1 fully saturated rings. The zero-order valence-electron chi connectivity index (χ0n) is 13.8. The zero-order valence-corrected chi connectivity index (χ0v) is 14.6. The normalized spacial score (nSPS) is 15.3. The van der Waals surface area contributed by atoms with E-state index in [4.69, 9.17) is 4.74 Å². The van der Waals surface area contributed by atoms with Gasteiger partial charge in [0.15, 0.2) is 6.10 Å². The second-order valence-electron chi connectivity index (χ2n) is 6.06. The average Bonchev–Trinajstić information content (AvgIpc) is 3.28. The van der Waals surface area contributed by atoms with E-state index in [-0.39, 0.29) is 24.1 Å². The summed E-state index contributed by atoms with van der Waals surface area (Å²) in [6.45, 7) is 5.05. The highest BCUT2D eigenvalue weighted by Gasteiger charge is 2.27. The van der Waals surface area contributed by atoms with Crippen LogP contribution in [0.25, 0.3) is 10.2 Å². The van der Waals surface area contributed by atoms with Gasteiger partial charge in [0, 0.05) is 10.9 Å². The van der Waals surface area contributed by atoms with Gasteiger partial charge in [0.1, 0.15) is 11.4 Å². The van der Waals surface area contributed by atoms with Crippen LogP contribution in [0.4, 0.5) is 0 Å². The van der Waals surface area contributed by atoms with Crippen LogP contribution in [-0.2, 0) is 20.9 Å². The smallest absolute Gasteiger partial charge is 0.326 e. The predicted molar refractivity (Wildman–Crippen MR) is 90.1 cm³/mol. The largest absolute Gasteiger partial charge is 0.451 e. The quantitative estimate of drug-likeness (QED) is 0.822. The van der Waals surface area contributed by atoms with E-state index in [9.17, 15) is 14.4 Å². The van der Waals surface area contributed by atoms with Crippen LogP contribution in [0, 0.1) is 13.8 Å². The summed E-state index contributed by atoms with van der Waals surface area (Å²) in [5.74, 6) is -0.947. The maximum Gasteiger partial charge on any atom is 0.326 e. The molecule has 2 aromatic rings. The molecule has 0 aromatic carbocycles. The SMILES string of the molecule is Cc1sc2ncn(CC(=O)O[C@@H](C)C(=O)NC3CC3)c(=O)c2c1C. The molecule has 2 heterocycles. The molecule has 1 amide bonds. The lowest BCUT2D eigenvalue weighted by atomic mass is 10.2. The van der Waals surface area contributed by atoms with Gasteiger partial charge < -0.3 is 10.1 Å². The van der Waals surface area contributed by atoms with Crippen LogP contribution in [-0.4, -0.2) is 33.6 Å². The molecule has 0 aliphatic heterocycles. The summed E-state index contributed by atoms with van der Waals surface area (Å²) in [6, 6.07) is 0.206. The van der Waals surface area contributed by atoms with Crippen LogP contribution in [0.3, 0.4) is 0 Å². The van der Waals surface area contributed by atoms with Gasteiger partial charge >= 0.3 is 5.97 Å². The third-order valence-corrected chi connectivity index (χ3v) is 5.17. The molecule has 0 radical (unpaired) electrons. The molecule has 0 unspecified atom stereocenters. The first kappa shape index (κ1) is 16.6. The molecule has 24 heavy (non-hydrogen) atoms. The number of hydrogen-bond donors (Lipinski definition) is 1. The Balaban J connectivity index is 1.71. The van der Waals surface area contributed by atoms with Crippen molar-refractivity contribution in [2.45, 2.75) is 52.3 Å². The van der Waals surface area contributed by atoms with E-state index in [0.29, 0.717) is 10.2 Å². The summed E-state index contributed by atoms with van der Waals surface area (Å²) in [7, 11) is 0. The van der Waals surface area contributed by atoms with Crippen molar-refractivity contribution in [3.8, 4) is 0 Å². The number of carbonyl (C=O) groups is 2. The number of hydrogen-bond acceptors (Lipinski definition) is 6. The molecule has 0 saturated heterocycles. The molecule has 7 nitrogen and oxygen atoms in total. The standard InChI is InChI=1S/C16H19N3O4S/c1-8-10(3)24-15-13(8)16(22)19(7-17-15)6-12(20)23-9(2)14(21)18-11-4-5-11/h7,9,11H,4-6H2,1-3H3,(H,18,21)/t9-/m0/s1. The molecule has 2 aromatic heterocycles. The molecule has 1 aliphatic carbocycles. The van der Waals surface area contributed by atoms with E-state index in [1.807, 2.05) is 13.8 Å². The summed E-state index contributed by atoms with van der Waals surface area (Å²) >= 11 is 1.45. The van der Waals surface area contributed by atoms with E-state index in [2.05, 4.69) is 10.3 Å². The van der Waals surface area contributed by atoms with Gasteiger partial charge in [-0.25, -0.2) is 4.98 Å². The molecule has 1 atom stereocenters. The topological polar surface area (TPSA) is 90.3 Å². The molecule has 0 spiro atoms. The molecule has 1 N–H and O–H groups in total. The Hall–Kier alpha value is -2.22. The minimum atomic E-state index is -0.879. The zero-order chi connectivity index (χ0) is 17.4. The third-order valence-electron chi connectivity index (χ3n) is 4.06. The Bertz CT molecular complexity index is 866. The first-order chi connectivity index (χ1) is 11.4. The van der Waals surface area contributed by atoms with E-state index in [1.165, 1.54) is 29.2 Å². The first-order valence-corrected chi connectivity index (χ1v) is 8.63. The van der Waals surface area contributed by atoms with Gasteiger partial charge in [-0.3, -0.25) is 19.0 Å². The predicted octanol–water partition coefficient (Wildman–Crippen LogP) is 1.29. The number of fused-ring (bicyclic) bond motifs is 1. The fraction of sp³-hybridized carbons (Fsp3) is 0.500. The van der Waals surface area contributed by atoms with Crippen molar-refractivity contribution in [3.05, 3.63) is 27.1 Å². The number of amides is 1. The highest BCUT2D eigenvalue weighted by Crippen LogP contribution is 2.25. The number of nitrogens with one attached hydrogen (secondary N) is 1. The third kappa shape index (κ3) is 3.33. The summed E-state index contributed by atoms with van der Waals surface area (Å²) in [5.41, 5.74) is 0.612. The molecule has 1 saturated carbocycles. The number of esters is 1. The van der Waals surface area contributed by atoms with E-state index >= 15 is 0 Å². The van der Waals surface area contributed by atoms with Gasteiger partial charge in [-0.05, 0) is 39.2 Å². The second kappa shape index (κ2) is 6.35. The monoisotopic (exact) mass is 349 g/mol. The lowest BCUT2D eigenvalue weighted by molar-refractivity contribution is -0.155.